The van der Waals surface area contributed by atoms with E-state index in [9.17, 15) is 8.78 Å². The minimum atomic E-state index is -0.392. The van der Waals surface area contributed by atoms with Gasteiger partial charge in [0.1, 0.15) is 16.7 Å². The molecule has 0 saturated carbocycles. The van der Waals surface area contributed by atoms with Gasteiger partial charge in [-0.2, -0.15) is 9.61 Å². The number of nitrogens with zero attached hydrogens (tertiary/aromatic N) is 4. The Morgan fingerprint density at radius 2 is 1.75 bits per heavy atom. The lowest BCUT2D eigenvalue weighted by molar-refractivity contribution is 0.624. The highest BCUT2D eigenvalue weighted by Crippen LogP contribution is 2.27. The Hall–Kier alpha value is -2.80. The molecule has 2 aromatic heterocycles. The Labute approximate surface area is 140 Å². The first-order chi connectivity index (χ1) is 11.7. The first kappa shape index (κ1) is 14.8. The molecule has 0 saturated heterocycles. The van der Waals surface area contributed by atoms with E-state index in [1.54, 1.807) is 42.5 Å². The van der Waals surface area contributed by atoms with E-state index in [-0.39, 0.29) is 5.82 Å². The van der Waals surface area contributed by atoms with Crippen LogP contribution < -0.4 is 0 Å². The highest BCUT2D eigenvalue weighted by atomic mass is 32.2. The maximum absolute atomic E-state index is 14.0. The molecule has 0 radical (unpaired) electrons. The minimum absolute atomic E-state index is 0.308. The lowest BCUT2D eigenvalue weighted by Crippen LogP contribution is -1.97. The van der Waals surface area contributed by atoms with Crippen molar-refractivity contribution in [2.45, 2.75) is 9.92 Å². The summed E-state index contributed by atoms with van der Waals surface area (Å²) in [5, 5.41) is 13.1. The van der Waals surface area contributed by atoms with Gasteiger partial charge in [0, 0.05) is 4.90 Å². The molecular weight excluding hydrogens is 330 g/mol. The van der Waals surface area contributed by atoms with Crippen molar-refractivity contribution in [3.8, 4) is 11.4 Å². The third-order valence-corrected chi connectivity index (χ3v) is 4.29. The first-order valence-electron chi connectivity index (χ1n) is 7.11. The van der Waals surface area contributed by atoms with Gasteiger partial charge in [-0.3, -0.25) is 0 Å². The zero-order valence-corrected chi connectivity index (χ0v) is 13.0. The first-order valence-corrected chi connectivity index (χ1v) is 7.93. The third-order valence-electron chi connectivity index (χ3n) is 3.37. The number of fused-ring (bicyclic) bond motifs is 1. The van der Waals surface area contributed by atoms with Crippen LogP contribution in [-0.2, 0) is 0 Å². The third kappa shape index (κ3) is 2.74. The van der Waals surface area contributed by atoms with E-state index >= 15 is 0 Å². The van der Waals surface area contributed by atoms with Gasteiger partial charge in [-0.1, -0.05) is 30.0 Å². The van der Waals surface area contributed by atoms with Crippen molar-refractivity contribution in [1.82, 2.24) is 19.8 Å². The highest BCUT2D eigenvalue weighted by Gasteiger charge is 2.13. The van der Waals surface area contributed by atoms with Gasteiger partial charge in [0.15, 0.2) is 11.5 Å². The summed E-state index contributed by atoms with van der Waals surface area (Å²) in [5.74, 6) is -0.376. The van der Waals surface area contributed by atoms with Crippen LogP contribution in [0.3, 0.4) is 0 Å². The molecule has 0 fully saturated rings. The Morgan fingerprint density at radius 3 is 2.58 bits per heavy atom. The fourth-order valence-electron chi connectivity index (χ4n) is 2.29. The average Bonchev–Trinajstić information content (AvgIpc) is 2.98. The van der Waals surface area contributed by atoms with Gasteiger partial charge in [0.2, 0.25) is 0 Å². The van der Waals surface area contributed by atoms with Crippen LogP contribution in [0, 0.1) is 11.6 Å². The van der Waals surface area contributed by atoms with Crippen LogP contribution >= 0.6 is 11.8 Å². The smallest absolute Gasteiger partial charge is 0.188 e. The highest BCUT2D eigenvalue weighted by molar-refractivity contribution is 7.99. The quantitative estimate of drug-likeness (QED) is 0.560. The molecular formula is C17H10F2N4S. The number of hydrogen-bond acceptors (Lipinski definition) is 4. The fraction of sp³-hybridized carbons (Fsp3) is 0. The zero-order valence-electron chi connectivity index (χ0n) is 12.2. The summed E-state index contributed by atoms with van der Waals surface area (Å²) in [4.78, 5) is 0.724. The summed E-state index contributed by atoms with van der Waals surface area (Å²) in [6.07, 6.45) is 0. The second-order valence-electron chi connectivity index (χ2n) is 5.00. The summed E-state index contributed by atoms with van der Waals surface area (Å²) in [5.41, 5.74) is 0.835. The maximum Gasteiger partial charge on any atom is 0.188 e. The Bertz CT molecular complexity index is 1030. The summed E-state index contributed by atoms with van der Waals surface area (Å²) in [6.45, 7) is 0. The summed E-state index contributed by atoms with van der Waals surface area (Å²) < 4.78 is 28.8. The number of halogens is 2. The molecule has 4 aromatic rings. The van der Waals surface area contributed by atoms with Crippen LogP contribution in [0.5, 0.6) is 0 Å². The average molecular weight is 340 g/mol. The van der Waals surface area contributed by atoms with Crippen molar-refractivity contribution < 1.29 is 8.78 Å². The maximum atomic E-state index is 14.0. The van der Waals surface area contributed by atoms with E-state index in [0.29, 0.717) is 22.1 Å². The van der Waals surface area contributed by atoms with Crippen molar-refractivity contribution >= 4 is 17.4 Å². The van der Waals surface area contributed by atoms with Gasteiger partial charge in [-0.15, -0.1) is 10.2 Å². The standard InChI is InChI=1S/C17H10F2N4S/c18-11-4-3-5-12(10-11)24-16-9-8-15-20-21-17(23(15)22-16)13-6-1-2-7-14(13)19/h1-10H. The van der Waals surface area contributed by atoms with E-state index in [2.05, 4.69) is 15.3 Å². The Kier molecular flexibility index (Phi) is 3.70. The van der Waals surface area contributed by atoms with Crippen LogP contribution in [0.15, 0.2) is 70.6 Å². The van der Waals surface area contributed by atoms with Crippen molar-refractivity contribution in [3.05, 3.63) is 72.3 Å². The molecule has 0 unspecified atom stereocenters. The largest absolute Gasteiger partial charge is 0.207 e. The molecule has 4 nitrogen and oxygen atoms in total. The molecule has 4 rings (SSSR count). The molecule has 0 atom stereocenters. The lowest BCUT2D eigenvalue weighted by Gasteiger charge is -2.04. The summed E-state index contributed by atoms with van der Waals surface area (Å²) in [6, 6.07) is 16.1. The summed E-state index contributed by atoms with van der Waals surface area (Å²) in [7, 11) is 0. The second kappa shape index (κ2) is 6.01. The normalized spacial score (nSPS) is 11.1. The van der Waals surface area contributed by atoms with Crippen LogP contribution in [0.1, 0.15) is 0 Å². The SMILES string of the molecule is Fc1cccc(Sc2ccc3nnc(-c4ccccc4F)n3n2)c1. The Morgan fingerprint density at radius 1 is 0.875 bits per heavy atom. The van der Waals surface area contributed by atoms with E-state index in [0.717, 1.165) is 4.90 Å². The molecule has 0 aliphatic rings. The number of benzene rings is 2. The van der Waals surface area contributed by atoms with E-state index < -0.39 is 5.82 Å². The molecule has 0 N–H and O–H groups in total. The number of hydrogen-bond donors (Lipinski definition) is 0. The van der Waals surface area contributed by atoms with Crippen molar-refractivity contribution in [1.29, 1.82) is 0 Å². The Balaban J connectivity index is 1.77. The molecule has 24 heavy (non-hydrogen) atoms. The predicted octanol–water partition coefficient (Wildman–Crippen LogP) is 4.22. The van der Waals surface area contributed by atoms with Crippen molar-refractivity contribution in [3.63, 3.8) is 0 Å². The van der Waals surface area contributed by atoms with Gasteiger partial charge < -0.3 is 0 Å². The number of aromatic nitrogens is 4. The molecule has 0 aliphatic heterocycles. The monoisotopic (exact) mass is 340 g/mol. The van der Waals surface area contributed by atoms with E-state index in [4.69, 9.17) is 0 Å². The molecule has 118 valence electrons. The van der Waals surface area contributed by atoms with Crippen molar-refractivity contribution in [2.24, 2.45) is 0 Å². The van der Waals surface area contributed by atoms with E-state index in [1.807, 2.05) is 0 Å². The second-order valence-corrected chi connectivity index (χ2v) is 6.10. The molecule has 0 spiro atoms. The minimum Gasteiger partial charge on any atom is -0.207 e. The van der Waals surface area contributed by atoms with Crippen LogP contribution in [0.4, 0.5) is 8.78 Å². The van der Waals surface area contributed by atoms with Gasteiger partial charge in [0.25, 0.3) is 0 Å². The topological polar surface area (TPSA) is 43.1 Å². The fourth-order valence-corrected chi connectivity index (χ4v) is 3.11. The van der Waals surface area contributed by atoms with Gasteiger partial charge in [0.05, 0.1) is 5.56 Å². The molecule has 0 aliphatic carbocycles. The summed E-state index contributed by atoms with van der Waals surface area (Å²) >= 11 is 1.31. The van der Waals surface area contributed by atoms with Crippen LogP contribution in [0.2, 0.25) is 0 Å². The molecule has 2 heterocycles. The van der Waals surface area contributed by atoms with Gasteiger partial charge >= 0.3 is 0 Å². The van der Waals surface area contributed by atoms with Crippen molar-refractivity contribution in [2.75, 3.05) is 0 Å². The zero-order chi connectivity index (χ0) is 16.5. The van der Waals surface area contributed by atoms with E-state index in [1.165, 1.54) is 34.5 Å². The van der Waals surface area contributed by atoms with Crippen LogP contribution in [0.25, 0.3) is 17.0 Å². The van der Waals surface area contributed by atoms with Crippen LogP contribution in [-0.4, -0.2) is 19.8 Å². The predicted molar refractivity (Wildman–Crippen MR) is 86.7 cm³/mol. The number of rotatable bonds is 3. The molecule has 7 heteroatoms. The molecule has 0 bridgehead atoms. The lowest BCUT2D eigenvalue weighted by atomic mass is 10.2. The van der Waals surface area contributed by atoms with Gasteiger partial charge in [-0.05, 0) is 42.5 Å². The van der Waals surface area contributed by atoms with Gasteiger partial charge in [-0.25, -0.2) is 8.78 Å². The molecule has 2 aromatic carbocycles. The molecule has 0 amide bonds.